The van der Waals surface area contributed by atoms with E-state index in [-0.39, 0.29) is 21.4 Å². The Kier molecular flexibility index (Phi) is 33.8. The molecule has 0 aromatic heterocycles. The zero-order chi connectivity index (χ0) is 27.9. The molecule has 17 heteroatoms. The zero-order valence-electron chi connectivity index (χ0n) is 22.0. The van der Waals surface area contributed by atoms with Crippen molar-refractivity contribution in [3.05, 3.63) is 20.9 Å². The zero-order valence-corrected chi connectivity index (χ0v) is 23.7. The summed E-state index contributed by atoms with van der Waals surface area (Å²) in [6.07, 6.45) is 1.88. The molecule has 0 amide bonds. The molecule has 1 saturated heterocycles. The molecular weight excluding hydrogens is 534 g/mol. The number of hydrogen-bond donors (Lipinski definition) is 2. The smallest absolute Gasteiger partial charge is 0.157 e. The molecule has 0 aliphatic carbocycles. The van der Waals surface area contributed by atoms with Crippen LogP contribution >= 0.6 is 14.8 Å². The Morgan fingerprint density at radius 2 is 1.50 bits per heavy atom. The van der Waals surface area contributed by atoms with Crippen molar-refractivity contribution in [3.8, 4) is 0 Å². The van der Waals surface area contributed by atoms with E-state index in [1.807, 2.05) is 6.92 Å². The average molecular weight is 579 g/mol. The van der Waals surface area contributed by atoms with Crippen LogP contribution in [0.3, 0.4) is 0 Å². The summed E-state index contributed by atoms with van der Waals surface area (Å²) in [5, 5.41) is 15.0. The number of hydrogen-bond acceptors (Lipinski definition) is 11. The van der Waals surface area contributed by atoms with Crippen molar-refractivity contribution in [2.45, 2.75) is 32.5 Å². The van der Waals surface area contributed by atoms with Gasteiger partial charge < -0.3 is 38.4 Å². The van der Waals surface area contributed by atoms with Crippen LogP contribution in [0, 0.1) is 0 Å². The first-order valence-electron chi connectivity index (χ1n) is 12.1. The Balaban J connectivity index is 0. The Labute approximate surface area is 222 Å². The molecule has 0 radical (unpaired) electrons. The molecule has 212 valence electrons. The topological polar surface area (TPSA) is 193 Å². The fourth-order valence-electron chi connectivity index (χ4n) is 2.16. The molecule has 3 atom stereocenters. The van der Waals surface area contributed by atoms with Crippen LogP contribution in [-0.4, -0.2) is 109 Å². The summed E-state index contributed by atoms with van der Waals surface area (Å²) in [7, 11) is -0.323. The van der Waals surface area contributed by atoms with Gasteiger partial charge in [-0.15, -0.1) is 0 Å². The van der Waals surface area contributed by atoms with Gasteiger partial charge >= 0.3 is 0 Å². The Hall–Kier alpha value is -0.620. The van der Waals surface area contributed by atoms with Gasteiger partial charge in [0, 0.05) is 38.0 Å². The van der Waals surface area contributed by atoms with Crippen molar-refractivity contribution >= 4 is 26.6 Å². The van der Waals surface area contributed by atoms with Gasteiger partial charge in [0.25, 0.3) is 0 Å². The fourth-order valence-corrected chi connectivity index (χ4v) is 2.73. The molecule has 1 heterocycles. The van der Waals surface area contributed by atoms with Gasteiger partial charge in [-0.05, 0) is 42.8 Å². The lowest BCUT2D eigenvalue weighted by Gasteiger charge is -2.22. The summed E-state index contributed by atoms with van der Waals surface area (Å²) in [4.78, 5) is 13.6. The first-order chi connectivity index (χ1) is 18.0. The Morgan fingerprint density at radius 1 is 0.972 bits per heavy atom. The van der Waals surface area contributed by atoms with Gasteiger partial charge in [0.1, 0.15) is 0 Å². The molecule has 0 bridgehead atoms. The van der Waals surface area contributed by atoms with E-state index in [0.29, 0.717) is 78.7 Å². The van der Waals surface area contributed by atoms with Crippen LogP contribution in [0.25, 0.3) is 20.9 Å². The maximum atomic E-state index is 8.38. The van der Waals surface area contributed by atoms with Crippen molar-refractivity contribution < 1.29 is 38.4 Å². The van der Waals surface area contributed by atoms with Crippen molar-refractivity contribution in [3.63, 3.8) is 0 Å². The largest absolute Gasteiger partial charge is 0.394 e. The second-order valence-corrected chi connectivity index (χ2v) is 12.6. The van der Waals surface area contributed by atoms with E-state index >= 15 is 0 Å². The van der Waals surface area contributed by atoms with Crippen LogP contribution in [0.5, 0.6) is 0 Å². The maximum absolute atomic E-state index is 8.38. The van der Waals surface area contributed by atoms with E-state index in [2.05, 4.69) is 31.9 Å². The normalized spacial score (nSPS) is 16.9. The van der Waals surface area contributed by atoms with Crippen LogP contribution in [0.4, 0.5) is 0 Å². The van der Waals surface area contributed by atoms with Crippen LogP contribution < -0.4 is 0 Å². The average Bonchev–Trinajstić information content (AvgIpc) is 2.92. The van der Waals surface area contributed by atoms with E-state index in [1.165, 1.54) is 6.42 Å². The third kappa shape index (κ3) is 33.4. The van der Waals surface area contributed by atoms with E-state index in [4.69, 9.17) is 50.8 Å². The van der Waals surface area contributed by atoms with Crippen molar-refractivity contribution in [2.75, 3.05) is 91.9 Å². The number of rotatable bonds is 20. The predicted octanol–water partition coefficient (Wildman–Crippen LogP) is 3.38. The lowest BCUT2D eigenvalue weighted by molar-refractivity contribution is -0.169. The number of azide groups is 2. The molecule has 0 spiro atoms. The number of nitrogens with zero attached hydrogens (tertiary/aromatic N) is 6. The van der Waals surface area contributed by atoms with Gasteiger partial charge in [-0.1, -0.05) is 29.0 Å². The number of aliphatic hydroxyl groups is 1. The minimum absolute atomic E-state index is 0.0265. The summed E-state index contributed by atoms with van der Waals surface area (Å²) in [5.41, 5.74) is 15.9. The van der Waals surface area contributed by atoms with Crippen molar-refractivity contribution in [1.29, 1.82) is 1.28 Å². The molecular formula is C19H42N6O8P2S. The molecule has 36 heavy (non-hydrogen) atoms. The lowest BCUT2D eigenvalue weighted by Crippen LogP contribution is -2.24. The summed E-state index contributed by atoms with van der Waals surface area (Å²) < 4.78 is 38.5. The maximum Gasteiger partial charge on any atom is 0.157 e. The van der Waals surface area contributed by atoms with E-state index < -0.39 is 6.33 Å². The van der Waals surface area contributed by atoms with E-state index in [0.717, 1.165) is 19.4 Å². The van der Waals surface area contributed by atoms with Crippen LogP contribution in [-0.2, 0) is 40.2 Å². The second kappa shape index (κ2) is 34.4. The van der Waals surface area contributed by atoms with Gasteiger partial charge in [-0.2, -0.15) is 0 Å². The highest BCUT2D eigenvalue weighted by Crippen LogP contribution is 2.40. The van der Waals surface area contributed by atoms with Gasteiger partial charge in [0.2, 0.25) is 0 Å². The fraction of sp³-hybridized carbons (Fsp3) is 1.00. The standard InChI is InChI=1S/C11H21N3O4.C6H13N3O3.C2H8OP2S/c12-14-13-4-6-15-7-8-16-9-10-18-11-3-1-2-5-17-11;7-9-8-1-3-11-5-6-12-4-2-10;1-2-5(6)4-3/h11H,1-10H2;10H,1-6H2;3-5H,2H2,1H3/i;;5T. The molecule has 14 nitrogen and oxygen atoms in total. The third-order valence-electron chi connectivity index (χ3n) is 3.85. The number of ether oxygens (including phenoxy) is 6. The van der Waals surface area contributed by atoms with Crippen LogP contribution in [0.15, 0.2) is 10.2 Å². The highest BCUT2D eigenvalue weighted by Gasteiger charge is 2.13. The van der Waals surface area contributed by atoms with Crippen molar-refractivity contribution in [2.24, 2.45) is 10.2 Å². The van der Waals surface area contributed by atoms with Crippen LogP contribution in [0.2, 0.25) is 0 Å². The quantitative estimate of drug-likeness (QED) is 0.0716. The van der Waals surface area contributed by atoms with Crippen molar-refractivity contribution in [1.82, 2.24) is 0 Å². The summed E-state index contributed by atoms with van der Waals surface area (Å²) in [6, 6.07) is 0. The van der Waals surface area contributed by atoms with E-state index in [9.17, 15) is 0 Å². The molecule has 0 aromatic rings. The molecule has 0 aromatic carbocycles. The molecule has 1 rings (SSSR count). The lowest BCUT2D eigenvalue weighted by atomic mass is 10.2. The molecule has 1 aliphatic rings. The van der Waals surface area contributed by atoms with E-state index in [1.54, 1.807) is 0 Å². The summed E-state index contributed by atoms with van der Waals surface area (Å²) >= 11 is 4.69. The van der Waals surface area contributed by atoms with Gasteiger partial charge in [-0.3, -0.25) is 0 Å². The first-order valence-corrected chi connectivity index (χ1v) is 16.0. The summed E-state index contributed by atoms with van der Waals surface area (Å²) in [6.45, 7) is 7.56. The van der Waals surface area contributed by atoms with Gasteiger partial charge in [0.15, 0.2) is 6.29 Å². The molecule has 2 N–H and O–H groups in total. The van der Waals surface area contributed by atoms with Gasteiger partial charge in [0.05, 0.1) is 67.3 Å². The highest BCUT2D eigenvalue weighted by atomic mass is 32.6. The molecule has 1 aliphatic heterocycles. The molecule has 1 fully saturated rings. The predicted molar refractivity (Wildman–Crippen MR) is 145 cm³/mol. The highest BCUT2D eigenvalue weighted by molar-refractivity contribution is 8.37. The molecule has 3 unspecified atom stereocenters. The SMILES string of the molecule is [3H]P(=S)(CC)PO.[N-]=[N+]=NCCOCCOCCO.[N-]=[N+]=NCCOCCOCCOC1CCCCO1. The third-order valence-corrected chi connectivity index (χ3v) is 7.77. The monoisotopic (exact) mass is 578 g/mol. The minimum atomic E-state index is -1.99. The minimum Gasteiger partial charge on any atom is -0.394 e. The second-order valence-electron chi connectivity index (χ2n) is 6.54. The Bertz CT molecular complexity index is 638. The number of aliphatic hydroxyl groups excluding tert-OH is 1. The molecule has 0 saturated carbocycles. The first kappa shape index (κ1) is 35.4. The van der Waals surface area contributed by atoms with Crippen LogP contribution in [0.1, 0.15) is 26.2 Å². The van der Waals surface area contributed by atoms with Gasteiger partial charge in [-0.25, -0.2) is 0 Å². The summed E-state index contributed by atoms with van der Waals surface area (Å²) in [5.74, 6) is 0. The Morgan fingerprint density at radius 3 is 1.92 bits per heavy atom.